The van der Waals surface area contributed by atoms with Crippen LogP contribution < -0.4 is 11.1 Å². The molecule has 2 aromatic carbocycles. The number of alkyl halides is 3. The molecule has 0 aliphatic heterocycles. The average molecular weight is 409 g/mol. The molecule has 0 radical (unpaired) electrons. The van der Waals surface area contributed by atoms with Gasteiger partial charge in [-0.2, -0.15) is 13.2 Å². The molecule has 0 saturated carbocycles. The molecule has 10 heteroatoms. The van der Waals surface area contributed by atoms with Crippen LogP contribution >= 0.6 is 35.6 Å². The Morgan fingerprint density at radius 1 is 1.24 bits per heavy atom. The maximum Gasteiger partial charge on any atom is 0.446 e. The van der Waals surface area contributed by atoms with Crippen LogP contribution in [0, 0.1) is 5.82 Å². The van der Waals surface area contributed by atoms with Crippen LogP contribution in [-0.2, 0) is 0 Å². The monoisotopic (exact) mass is 408 g/mol. The lowest BCUT2D eigenvalue weighted by Crippen LogP contribution is -2.19. The highest BCUT2D eigenvalue weighted by atomic mass is 35.5. The maximum absolute atomic E-state index is 14.0. The molecule has 0 fully saturated rings. The molecule has 2 rings (SSSR count). The minimum absolute atomic E-state index is 0.140. The molecule has 25 heavy (non-hydrogen) atoms. The zero-order chi connectivity index (χ0) is 18.8. The van der Waals surface area contributed by atoms with Crippen molar-refractivity contribution in [1.82, 2.24) is 0 Å². The highest BCUT2D eigenvalue weighted by molar-refractivity contribution is 8.00. The number of benzene rings is 2. The summed E-state index contributed by atoms with van der Waals surface area (Å²) in [5.41, 5.74) is -0.0166. The van der Waals surface area contributed by atoms with Crippen LogP contribution in [0.3, 0.4) is 0 Å². The topological polar surface area (TPSA) is 55.1 Å². The van der Waals surface area contributed by atoms with Crippen LogP contribution in [-0.4, -0.2) is 16.4 Å². The lowest BCUT2D eigenvalue weighted by molar-refractivity contribution is -0.0328. The van der Waals surface area contributed by atoms with Crippen LogP contribution in [0.2, 0.25) is 5.02 Å². The maximum atomic E-state index is 14.0. The van der Waals surface area contributed by atoms with E-state index in [4.69, 9.17) is 17.3 Å². The van der Waals surface area contributed by atoms with Crippen LogP contribution in [0.25, 0.3) is 0 Å². The SMILES string of the molecule is NC(=S)Nc1ccc(SC(F)(F)F)c(C(=O)c2c(F)cccc2Cl)c1. The second-order valence-corrected chi connectivity index (χ2v) is 6.63. The van der Waals surface area contributed by atoms with Gasteiger partial charge in [0.15, 0.2) is 10.9 Å². The molecule has 0 bridgehead atoms. The summed E-state index contributed by atoms with van der Waals surface area (Å²) in [6, 6.07) is 7.00. The number of thiocarbonyl (C=S) groups is 1. The molecule has 0 amide bonds. The van der Waals surface area contributed by atoms with Gasteiger partial charge in [-0.15, -0.1) is 0 Å². The van der Waals surface area contributed by atoms with Gasteiger partial charge in [-0.25, -0.2) is 4.39 Å². The quantitative estimate of drug-likeness (QED) is 0.323. The summed E-state index contributed by atoms with van der Waals surface area (Å²) < 4.78 is 52.2. The predicted octanol–water partition coefficient (Wildman–Crippen LogP) is 4.98. The van der Waals surface area contributed by atoms with Crippen molar-refractivity contribution in [3.63, 3.8) is 0 Å². The van der Waals surface area contributed by atoms with Gasteiger partial charge < -0.3 is 11.1 Å². The Labute approximate surface area is 154 Å². The number of carbonyl (C=O) groups is 1. The van der Waals surface area contributed by atoms with Crippen LogP contribution in [0.5, 0.6) is 0 Å². The summed E-state index contributed by atoms with van der Waals surface area (Å²) in [5, 5.41) is 2.16. The summed E-state index contributed by atoms with van der Waals surface area (Å²) in [7, 11) is 0. The molecule has 132 valence electrons. The average Bonchev–Trinajstić information content (AvgIpc) is 2.46. The third-order valence-electron chi connectivity index (χ3n) is 2.91. The van der Waals surface area contributed by atoms with Gasteiger partial charge in [-0.3, -0.25) is 4.79 Å². The lowest BCUT2D eigenvalue weighted by Gasteiger charge is -2.14. The molecule has 0 unspecified atom stereocenters. The number of hydrogen-bond donors (Lipinski definition) is 2. The number of anilines is 1. The zero-order valence-corrected chi connectivity index (χ0v) is 14.5. The van der Waals surface area contributed by atoms with Crippen molar-refractivity contribution in [3.05, 3.63) is 58.4 Å². The summed E-state index contributed by atoms with van der Waals surface area (Å²) >= 11 is 10.0. The molecule has 3 nitrogen and oxygen atoms in total. The van der Waals surface area contributed by atoms with E-state index in [9.17, 15) is 22.4 Å². The van der Waals surface area contributed by atoms with Crippen molar-refractivity contribution in [2.45, 2.75) is 10.4 Å². The molecule has 0 saturated heterocycles. The van der Waals surface area contributed by atoms with E-state index in [2.05, 4.69) is 17.5 Å². The summed E-state index contributed by atoms with van der Waals surface area (Å²) in [5.74, 6) is -1.92. The highest BCUT2D eigenvalue weighted by Gasteiger charge is 2.32. The van der Waals surface area contributed by atoms with Gasteiger partial charge in [0.1, 0.15) is 5.82 Å². The van der Waals surface area contributed by atoms with Crippen LogP contribution in [0.4, 0.5) is 23.2 Å². The fraction of sp³-hybridized carbons (Fsp3) is 0.0667. The summed E-state index contributed by atoms with van der Waals surface area (Å²) in [6.07, 6.45) is 0. The third-order valence-corrected chi connectivity index (χ3v) is 4.13. The second-order valence-electron chi connectivity index (χ2n) is 4.67. The van der Waals surface area contributed by atoms with Crippen LogP contribution in [0.1, 0.15) is 15.9 Å². The fourth-order valence-electron chi connectivity index (χ4n) is 1.99. The van der Waals surface area contributed by atoms with E-state index in [0.29, 0.717) is 0 Å². The molecule has 0 aromatic heterocycles. The number of halogens is 5. The van der Waals surface area contributed by atoms with Crippen molar-refractivity contribution in [1.29, 1.82) is 0 Å². The first-order chi connectivity index (χ1) is 11.6. The molecular weight excluding hydrogens is 400 g/mol. The van der Waals surface area contributed by atoms with Gasteiger partial charge in [0.25, 0.3) is 0 Å². The number of hydrogen-bond acceptors (Lipinski definition) is 3. The van der Waals surface area contributed by atoms with Gasteiger partial charge in [0, 0.05) is 16.1 Å². The fourth-order valence-corrected chi connectivity index (χ4v) is 3.00. The molecule has 0 aliphatic rings. The smallest absolute Gasteiger partial charge is 0.376 e. The Bertz CT molecular complexity index is 823. The van der Waals surface area contributed by atoms with E-state index < -0.39 is 39.3 Å². The Morgan fingerprint density at radius 3 is 2.48 bits per heavy atom. The first-order valence-electron chi connectivity index (χ1n) is 6.53. The van der Waals surface area contributed by atoms with E-state index in [-0.39, 0.29) is 21.4 Å². The van der Waals surface area contributed by atoms with Gasteiger partial charge in [0.05, 0.1) is 10.6 Å². The van der Waals surface area contributed by atoms with Gasteiger partial charge in [0.2, 0.25) is 0 Å². The van der Waals surface area contributed by atoms with Crippen molar-refractivity contribution < 1.29 is 22.4 Å². The number of carbonyl (C=O) groups excluding carboxylic acids is 1. The van der Waals surface area contributed by atoms with E-state index in [0.717, 1.165) is 18.2 Å². The molecule has 0 atom stereocenters. The van der Waals surface area contributed by atoms with Gasteiger partial charge in [-0.05, 0) is 54.3 Å². The van der Waals surface area contributed by atoms with Crippen LogP contribution in [0.15, 0.2) is 41.3 Å². The first-order valence-corrected chi connectivity index (χ1v) is 8.13. The summed E-state index contributed by atoms with van der Waals surface area (Å²) in [6.45, 7) is 0. The molecule has 0 heterocycles. The van der Waals surface area contributed by atoms with Crippen molar-refractivity contribution in [3.8, 4) is 0 Å². The first kappa shape index (κ1) is 19.5. The Kier molecular flexibility index (Phi) is 5.91. The predicted molar refractivity (Wildman–Crippen MR) is 93.6 cm³/mol. The van der Waals surface area contributed by atoms with Crippen molar-refractivity contribution in [2.24, 2.45) is 5.73 Å². The largest absolute Gasteiger partial charge is 0.446 e. The van der Waals surface area contributed by atoms with E-state index in [1.54, 1.807) is 0 Å². The minimum atomic E-state index is -4.63. The number of nitrogens with two attached hydrogens (primary N) is 1. The molecule has 0 spiro atoms. The molecule has 0 aliphatic carbocycles. The van der Waals surface area contributed by atoms with Gasteiger partial charge in [-0.1, -0.05) is 17.7 Å². The zero-order valence-electron chi connectivity index (χ0n) is 12.2. The highest BCUT2D eigenvalue weighted by Crippen LogP contribution is 2.40. The molecule has 3 N–H and O–H groups in total. The molecule has 2 aromatic rings. The van der Waals surface area contributed by atoms with E-state index in [1.165, 1.54) is 18.2 Å². The second kappa shape index (κ2) is 7.59. The number of ketones is 1. The van der Waals surface area contributed by atoms with Gasteiger partial charge >= 0.3 is 5.51 Å². The lowest BCUT2D eigenvalue weighted by atomic mass is 10.0. The molecular formula is C15H9ClF4N2OS2. The van der Waals surface area contributed by atoms with Crippen molar-refractivity contribution in [2.75, 3.05) is 5.32 Å². The van der Waals surface area contributed by atoms with Crippen molar-refractivity contribution >= 4 is 52.2 Å². The normalized spacial score (nSPS) is 11.2. The Hall–Kier alpha value is -1.84. The van der Waals surface area contributed by atoms with E-state index in [1.807, 2.05) is 0 Å². The number of thioether (sulfide) groups is 1. The number of nitrogens with one attached hydrogen (secondary N) is 1. The Balaban J connectivity index is 2.58. The summed E-state index contributed by atoms with van der Waals surface area (Å²) in [4.78, 5) is 12.2. The Morgan fingerprint density at radius 2 is 1.92 bits per heavy atom. The third kappa shape index (κ3) is 5.07. The number of rotatable bonds is 4. The van der Waals surface area contributed by atoms with E-state index >= 15 is 0 Å². The standard InChI is InChI=1S/C15H9ClF4N2OS2/c16-9-2-1-3-10(17)12(9)13(23)8-6-7(22-14(21)24)4-5-11(8)25-15(18,19)20/h1-6H,(H3,21,22,24). The minimum Gasteiger partial charge on any atom is -0.376 e.